The molecule has 2 unspecified atom stereocenters. The minimum absolute atomic E-state index is 0.0228. The molecule has 0 aliphatic heterocycles. The van der Waals surface area contributed by atoms with Gasteiger partial charge in [0.05, 0.1) is 0 Å². The number of hydrogen-bond acceptors (Lipinski definition) is 3. The third-order valence-electron chi connectivity index (χ3n) is 3.11. The van der Waals surface area contributed by atoms with Crippen LogP contribution in [-0.4, -0.2) is 33.8 Å². The summed E-state index contributed by atoms with van der Waals surface area (Å²) in [4.78, 5) is 13.9. The number of hydrogen-bond donors (Lipinski definition) is 4. The number of carbonyl (C=O) groups excluding carboxylic acids is 1. The zero-order valence-corrected chi connectivity index (χ0v) is 11.0. The topological polar surface area (TPSA) is 85.3 Å². The Bertz CT molecular complexity index is 591. The maximum atomic E-state index is 10.8. The van der Waals surface area contributed by atoms with Gasteiger partial charge in [-0.25, -0.2) is 0 Å². The molecule has 5 nitrogen and oxygen atoms in total. The second-order valence-electron chi connectivity index (χ2n) is 4.74. The van der Waals surface area contributed by atoms with E-state index in [1.165, 1.54) is 6.92 Å². The Morgan fingerprint density at radius 1 is 1.42 bits per heavy atom. The van der Waals surface area contributed by atoms with Crippen LogP contribution in [0.1, 0.15) is 24.2 Å². The summed E-state index contributed by atoms with van der Waals surface area (Å²) in [5.74, 6) is -0.235. The number of aliphatic hydroxyl groups excluding tert-OH is 2. The molecule has 1 heterocycles. The molecule has 19 heavy (non-hydrogen) atoms. The van der Waals surface area contributed by atoms with Crippen LogP contribution in [0.4, 0.5) is 0 Å². The molecule has 4 N–H and O–H groups in total. The van der Waals surface area contributed by atoms with E-state index in [1.54, 1.807) is 6.20 Å². The number of H-pyrrole nitrogens is 1. The SMILES string of the molecule is CC(=O)NCC(O)C(O)c1c[nH]c2ccc(C)cc12. The summed E-state index contributed by atoms with van der Waals surface area (Å²) in [6.45, 7) is 3.36. The Morgan fingerprint density at radius 3 is 2.84 bits per heavy atom. The summed E-state index contributed by atoms with van der Waals surface area (Å²) in [5, 5.41) is 23.4. The molecule has 1 aromatic carbocycles. The van der Waals surface area contributed by atoms with E-state index in [4.69, 9.17) is 0 Å². The lowest BCUT2D eigenvalue weighted by Gasteiger charge is -2.17. The molecule has 5 heteroatoms. The Hall–Kier alpha value is -1.85. The number of aromatic amines is 1. The number of nitrogens with one attached hydrogen (secondary N) is 2. The van der Waals surface area contributed by atoms with Crippen LogP contribution in [-0.2, 0) is 4.79 Å². The van der Waals surface area contributed by atoms with Crippen molar-refractivity contribution in [1.82, 2.24) is 10.3 Å². The van der Waals surface area contributed by atoms with E-state index in [9.17, 15) is 15.0 Å². The maximum Gasteiger partial charge on any atom is 0.216 e. The minimum atomic E-state index is -1.04. The first-order valence-corrected chi connectivity index (χ1v) is 6.17. The summed E-state index contributed by atoms with van der Waals surface area (Å²) in [6, 6.07) is 5.86. The number of carbonyl (C=O) groups is 1. The van der Waals surface area contributed by atoms with Crippen LogP contribution in [0.25, 0.3) is 10.9 Å². The standard InChI is InChI=1S/C14H18N2O3/c1-8-3-4-12-10(5-8)11(6-16-12)14(19)13(18)7-15-9(2)17/h3-6,13-14,16,18-19H,7H2,1-2H3,(H,15,17). The fourth-order valence-corrected chi connectivity index (χ4v) is 2.07. The van der Waals surface area contributed by atoms with Gasteiger partial charge in [0.2, 0.25) is 5.91 Å². The van der Waals surface area contributed by atoms with Crippen molar-refractivity contribution in [3.05, 3.63) is 35.5 Å². The lowest BCUT2D eigenvalue weighted by atomic mass is 10.0. The fourth-order valence-electron chi connectivity index (χ4n) is 2.07. The average Bonchev–Trinajstić information content (AvgIpc) is 2.77. The third kappa shape index (κ3) is 2.94. The van der Waals surface area contributed by atoms with Crippen LogP contribution in [0.15, 0.2) is 24.4 Å². The van der Waals surface area contributed by atoms with E-state index in [1.807, 2.05) is 25.1 Å². The first-order chi connectivity index (χ1) is 8.99. The van der Waals surface area contributed by atoms with Crippen LogP contribution < -0.4 is 5.32 Å². The molecule has 0 radical (unpaired) electrons. The van der Waals surface area contributed by atoms with E-state index in [-0.39, 0.29) is 12.5 Å². The minimum Gasteiger partial charge on any atom is -0.388 e. The number of aromatic nitrogens is 1. The van der Waals surface area contributed by atoms with Gasteiger partial charge in [-0.15, -0.1) is 0 Å². The van der Waals surface area contributed by atoms with Gasteiger partial charge in [0.25, 0.3) is 0 Å². The van der Waals surface area contributed by atoms with Crippen LogP contribution >= 0.6 is 0 Å². The molecule has 0 saturated heterocycles. The molecule has 1 amide bonds. The Balaban J connectivity index is 2.23. The maximum absolute atomic E-state index is 10.8. The Labute approximate surface area is 111 Å². The smallest absolute Gasteiger partial charge is 0.216 e. The zero-order valence-electron chi connectivity index (χ0n) is 11.0. The highest BCUT2D eigenvalue weighted by atomic mass is 16.3. The predicted molar refractivity (Wildman–Crippen MR) is 72.7 cm³/mol. The lowest BCUT2D eigenvalue weighted by Crippen LogP contribution is -2.34. The zero-order chi connectivity index (χ0) is 14.0. The van der Waals surface area contributed by atoms with E-state index < -0.39 is 12.2 Å². The monoisotopic (exact) mass is 262 g/mol. The van der Waals surface area contributed by atoms with Gasteiger partial charge in [-0.2, -0.15) is 0 Å². The van der Waals surface area contributed by atoms with Crippen molar-refractivity contribution in [2.45, 2.75) is 26.1 Å². The van der Waals surface area contributed by atoms with Gasteiger partial charge in [0.1, 0.15) is 12.2 Å². The van der Waals surface area contributed by atoms with Crippen LogP contribution in [0.5, 0.6) is 0 Å². The van der Waals surface area contributed by atoms with Crippen molar-refractivity contribution in [3.63, 3.8) is 0 Å². The van der Waals surface area contributed by atoms with Gasteiger partial charge in [-0.3, -0.25) is 4.79 Å². The quantitative estimate of drug-likeness (QED) is 0.663. The largest absolute Gasteiger partial charge is 0.388 e. The number of aryl methyl sites for hydroxylation is 1. The molecule has 0 aliphatic carbocycles. The van der Waals surface area contributed by atoms with Gasteiger partial charge in [-0.05, 0) is 19.1 Å². The molecule has 0 bridgehead atoms. The second-order valence-corrected chi connectivity index (χ2v) is 4.74. The van der Waals surface area contributed by atoms with Crippen molar-refractivity contribution in [3.8, 4) is 0 Å². The van der Waals surface area contributed by atoms with Crippen LogP contribution in [0.3, 0.4) is 0 Å². The molecule has 0 fully saturated rings. The average molecular weight is 262 g/mol. The number of rotatable bonds is 4. The summed E-state index contributed by atoms with van der Waals surface area (Å²) < 4.78 is 0. The molecule has 1 aromatic heterocycles. The highest BCUT2D eigenvalue weighted by Crippen LogP contribution is 2.26. The highest BCUT2D eigenvalue weighted by molar-refractivity contribution is 5.84. The Morgan fingerprint density at radius 2 is 2.16 bits per heavy atom. The molecule has 2 atom stereocenters. The number of aliphatic hydroxyl groups is 2. The molecule has 0 saturated carbocycles. The van der Waals surface area contributed by atoms with E-state index in [0.29, 0.717) is 5.56 Å². The summed E-state index contributed by atoms with van der Waals surface area (Å²) in [7, 11) is 0. The fraction of sp³-hybridized carbons (Fsp3) is 0.357. The third-order valence-corrected chi connectivity index (χ3v) is 3.11. The van der Waals surface area contributed by atoms with Crippen molar-refractivity contribution in [1.29, 1.82) is 0 Å². The van der Waals surface area contributed by atoms with Gasteiger partial charge in [-0.1, -0.05) is 11.6 Å². The molecule has 2 aromatic rings. The summed E-state index contributed by atoms with van der Waals surface area (Å²) >= 11 is 0. The van der Waals surface area contributed by atoms with Crippen molar-refractivity contribution in [2.75, 3.05) is 6.54 Å². The number of amides is 1. The number of benzene rings is 1. The number of fused-ring (bicyclic) bond motifs is 1. The lowest BCUT2D eigenvalue weighted by molar-refractivity contribution is -0.119. The molecule has 2 rings (SSSR count). The van der Waals surface area contributed by atoms with E-state index in [0.717, 1.165) is 16.5 Å². The second kappa shape index (κ2) is 5.42. The van der Waals surface area contributed by atoms with Crippen molar-refractivity contribution in [2.24, 2.45) is 0 Å². The molecule has 0 spiro atoms. The van der Waals surface area contributed by atoms with Crippen molar-refractivity contribution >= 4 is 16.8 Å². The molecular weight excluding hydrogens is 244 g/mol. The first-order valence-electron chi connectivity index (χ1n) is 6.17. The predicted octanol–water partition coefficient (Wildman–Crippen LogP) is 1.01. The first kappa shape index (κ1) is 13.6. The summed E-state index contributed by atoms with van der Waals surface area (Å²) in [6.07, 6.45) is -0.392. The molecule has 102 valence electrons. The Kier molecular flexibility index (Phi) is 3.87. The van der Waals surface area contributed by atoms with Gasteiger partial charge >= 0.3 is 0 Å². The van der Waals surface area contributed by atoms with E-state index in [2.05, 4.69) is 10.3 Å². The van der Waals surface area contributed by atoms with Gasteiger partial charge in [0, 0.05) is 36.1 Å². The molecule has 0 aliphatic rings. The van der Waals surface area contributed by atoms with Crippen molar-refractivity contribution < 1.29 is 15.0 Å². The van der Waals surface area contributed by atoms with Gasteiger partial charge in [0.15, 0.2) is 0 Å². The van der Waals surface area contributed by atoms with E-state index >= 15 is 0 Å². The normalized spacial score (nSPS) is 14.3. The van der Waals surface area contributed by atoms with Gasteiger partial charge < -0.3 is 20.5 Å². The van der Waals surface area contributed by atoms with Crippen LogP contribution in [0, 0.1) is 6.92 Å². The highest BCUT2D eigenvalue weighted by Gasteiger charge is 2.21. The van der Waals surface area contributed by atoms with Crippen LogP contribution in [0.2, 0.25) is 0 Å². The summed E-state index contributed by atoms with van der Waals surface area (Å²) in [5.41, 5.74) is 2.62. The molecular formula is C14H18N2O3.